The summed E-state index contributed by atoms with van der Waals surface area (Å²) in [5, 5.41) is 3.12. The van der Waals surface area contributed by atoms with Gasteiger partial charge in [0, 0.05) is 45.8 Å². The van der Waals surface area contributed by atoms with Crippen LogP contribution in [0.2, 0.25) is 0 Å². The number of aromatic nitrogens is 2. The predicted molar refractivity (Wildman–Crippen MR) is 89.5 cm³/mol. The van der Waals surface area contributed by atoms with Gasteiger partial charge < -0.3 is 15.0 Å². The minimum Gasteiger partial charge on any atom is -0.383 e. The third-order valence-electron chi connectivity index (χ3n) is 3.45. The molecule has 2 heterocycles. The van der Waals surface area contributed by atoms with E-state index in [-0.39, 0.29) is 5.91 Å². The van der Waals surface area contributed by atoms with E-state index in [1.54, 1.807) is 49.8 Å². The molecule has 2 rings (SSSR count). The molecule has 2 aromatic heterocycles. The molecule has 2 aromatic rings. The van der Waals surface area contributed by atoms with Crippen molar-refractivity contribution in [3.8, 4) is 0 Å². The largest absolute Gasteiger partial charge is 0.383 e. The number of likely N-dealkylation sites (N-methyl/N-ethyl adjacent to an activating group) is 1. The highest BCUT2D eigenvalue weighted by Crippen LogP contribution is 2.08. The zero-order chi connectivity index (χ0) is 16.5. The van der Waals surface area contributed by atoms with Crippen LogP contribution in [0.5, 0.6) is 0 Å². The zero-order valence-corrected chi connectivity index (χ0v) is 13.5. The van der Waals surface area contributed by atoms with Crippen molar-refractivity contribution in [3.05, 3.63) is 54.0 Å². The first-order chi connectivity index (χ1) is 11.2. The third kappa shape index (κ3) is 5.34. The Morgan fingerprint density at radius 3 is 2.70 bits per heavy atom. The summed E-state index contributed by atoms with van der Waals surface area (Å²) in [6, 6.07) is 7.51. The number of hydrogen-bond donors (Lipinski definition) is 1. The zero-order valence-electron chi connectivity index (χ0n) is 13.5. The predicted octanol–water partition coefficient (Wildman–Crippen LogP) is 1.85. The lowest BCUT2D eigenvalue weighted by molar-refractivity contribution is 0.0796. The van der Waals surface area contributed by atoms with Gasteiger partial charge in [0.05, 0.1) is 12.2 Å². The lowest BCUT2D eigenvalue weighted by atomic mass is 10.2. The first-order valence-electron chi connectivity index (χ1n) is 7.54. The second kappa shape index (κ2) is 8.85. The van der Waals surface area contributed by atoms with Crippen molar-refractivity contribution in [1.29, 1.82) is 0 Å². The fourth-order valence-corrected chi connectivity index (χ4v) is 2.07. The number of carbonyl (C=O) groups is 1. The van der Waals surface area contributed by atoms with Gasteiger partial charge in [-0.2, -0.15) is 0 Å². The molecule has 0 bridgehead atoms. The van der Waals surface area contributed by atoms with Crippen molar-refractivity contribution >= 4 is 11.7 Å². The number of pyridine rings is 2. The van der Waals surface area contributed by atoms with E-state index in [2.05, 4.69) is 15.3 Å². The van der Waals surface area contributed by atoms with E-state index >= 15 is 0 Å². The summed E-state index contributed by atoms with van der Waals surface area (Å²) in [4.78, 5) is 22.3. The normalized spacial score (nSPS) is 10.3. The van der Waals surface area contributed by atoms with E-state index in [4.69, 9.17) is 4.74 Å². The van der Waals surface area contributed by atoms with Crippen LogP contribution in [0.4, 0.5) is 5.82 Å². The van der Waals surface area contributed by atoms with Gasteiger partial charge >= 0.3 is 0 Å². The molecule has 0 atom stereocenters. The van der Waals surface area contributed by atoms with Crippen LogP contribution in [-0.2, 0) is 11.2 Å². The van der Waals surface area contributed by atoms with Gasteiger partial charge in [0.25, 0.3) is 5.91 Å². The molecule has 0 aliphatic rings. The number of amides is 1. The Labute approximate surface area is 136 Å². The lowest BCUT2D eigenvalue weighted by Crippen LogP contribution is -2.29. The van der Waals surface area contributed by atoms with E-state index in [1.165, 1.54) is 0 Å². The Balaban J connectivity index is 1.86. The first kappa shape index (κ1) is 16.9. The molecule has 0 aliphatic carbocycles. The molecular weight excluding hydrogens is 292 g/mol. The van der Waals surface area contributed by atoms with Crippen LogP contribution < -0.4 is 5.32 Å². The average Bonchev–Trinajstić information content (AvgIpc) is 2.61. The van der Waals surface area contributed by atoms with Gasteiger partial charge in [-0.05, 0) is 36.2 Å². The Hall–Kier alpha value is -2.47. The minimum atomic E-state index is -0.0324. The monoisotopic (exact) mass is 314 g/mol. The van der Waals surface area contributed by atoms with Gasteiger partial charge in [-0.15, -0.1) is 0 Å². The number of nitrogens with one attached hydrogen (secondary N) is 1. The van der Waals surface area contributed by atoms with Crippen molar-refractivity contribution in [2.24, 2.45) is 0 Å². The van der Waals surface area contributed by atoms with Crippen molar-refractivity contribution < 1.29 is 9.53 Å². The Morgan fingerprint density at radius 2 is 2.04 bits per heavy atom. The molecule has 122 valence electrons. The summed E-state index contributed by atoms with van der Waals surface area (Å²) in [5.74, 6) is 0.702. The Morgan fingerprint density at radius 1 is 1.26 bits per heavy atom. The van der Waals surface area contributed by atoms with Gasteiger partial charge in [0.2, 0.25) is 0 Å². The van der Waals surface area contributed by atoms with E-state index in [1.807, 2.05) is 12.1 Å². The molecule has 0 radical (unpaired) electrons. The van der Waals surface area contributed by atoms with Crippen LogP contribution in [0.15, 0.2) is 42.9 Å². The van der Waals surface area contributed by atoms with Crippen molar-refractivity contribution in [1.82, 2.24) is 14.9 Å². The fraction of sp³-hybridized carbons (Fsp3) is 0.353. The second-order valence-corrected chi connectivity index (χ2v) is 5.18. The molecule has 6 heteroatoms. The van der Waals surface area contributed by atoms with E-state index in [0.29, 0.717) is 25.3 Å². The van der Waals surface area contributed by atoms with Crippen molar-refractivity contribution in [2.45, 2.75) is 6.42 Å². The van der Waals surface area contributed by atoms with E-state index in [9.17, 15) is 4.79 Å². The van der Waals surface area contributed by atoms with Crippen LogP contribution in [-0.4, -0.2) is 54.6 Å². The molecule has 6 nitrogen and oxygen atoms in total. The SMILES string of the molecule is COCCNc1ccc(C(=O)N(C)CCc2ccncc2)cn1. The molecule has 0 spiro atoms. The van der Waals surface area contributed by atoms with Crippen LogP contribution in [0.3, 0.4) is 0 Å². The maximum atomic E-state index is 12.4. The highest BCUT2D eigenvalue weighted by molar-refractivity contribution is 5.93. The second-order valence-electron chi connectivity index (χ2n) is 5.18. The van der Waals surface area contributed by atoms with Crippen LogP contribution in [0, 0.1) is 0 Å². The number of rotatable bonds is 8. The van der Waals surface area contributed by atoms with E-state index in [0.717, 1.165) is 17.8 Å². The highest BCUT2D eigenvalue weighted by Gasteiger charge is 2.12. The van der Waals surface area contributed by atoms with Gasteiger partial charge in [0.1, 0.15) is 5.82 Å². The van der Waals surface area contributed by atoms with E-state index < -0.39 is 0 Å². The average molecular weight is 314 g/mol. The summed E-state index contributed by atoms with van der Waals surface area (Å²) >= 11 is 0. The maximum absolute atomic E-state index is 12.4. The van der Waals surface area contributed by atoms with Gasteiger partial charge in [-0.1, -0.05) is 0 Å². The molecule has 0 saturated carbocycles. The quantitative estimate of drug-likeness (QED) is 0.753. The molecular formula is C17H22N4O2. The topological polar surface area (TPSA) is 67.3 Å². The summed E-state index contributed by atoms with van der Waals surface area (Å²) in [6.45, 7) is 1.94. The summed E-state index contributed by atoms with van der Waals surface area (Å²) < 4.78 is 4.97. The maximum Gasteiger partial charge on any atom is 0.255 e. The third-order valence-corrected chi connectivity index (χ3v) is 3.45. The molecule has 23 heavy (non-hydrogen) atoms. The number of ether oxygens (including phenoxy) is 1. The van der Waals surface area contributed by atoms with Crippen LogP contribution in [0.1, 0.15) is 15.9 Å². The number of carbonyl (C=O) groups excluding carboxylic acids is 1. The molecule has 0 unspecified atom stereocenters. The number of anilines is 1. The standard InChI is InChI=1S/C17H22N4O2/c1-21(11-7-14-5-8-18-9-6-14)17(22)15-3-4-16(20-13-15)19-10-12-23-2/h3-6,8-9,13H,7,10-12H2,1-2H3,(H,19,20). The van der Waals surface area contributed by atoms with Gasteiger partial charge in [-0.3, -0.25) is 9.78 Å². The number of methoxy groups -OCH3 is 1. The van der Waals surface area contributed by atoms with Gasteiger partial charge in [0.15, 0.2) is 0 Å². The first-order valence-corrected chi connectivity index (χ1v) is 7.54. The fourth-order valence-electron chi connectivity index (χ4n) is 2.07. The Bertz CT molecular complexity index is 602. The highest BCUT2D eigenvalue weighted by atomic mass is 16.5. The van der Waals surface area contributed by atoms with Gasteiger partial charge in [-0.25, -0.2) is 4.98 Å². The van der Waals surface area contributed by atoms with Crippen LogP contribution >= 0.6 is 0 Å². The Kier molecular flexibility index (Phi) is 6.50. The van der Waals surface area contributed by atoms with Crippen molar-refractivity contribution in [3.63, 3.8) is 0 Å². The smallest absolute Gasteiger partial charge is 0.255 e. The summed E-state index contributed by atoms with van der Waals surface area (Å²) in [5.41, 5.74) is 1.75. The molecule has 0 aliphatic heterocycles. The van der Waals surface area contributed by atoms with Crippen LogP contribution in [0.25, 0.3) is 0 Å². The molecule has 0 aromatic carbocycles. The number of nitrogens with zero attached hydrogens (tertiary/aromatic N) is 3. The molecule has 0 saturated heterocycles. The lowest BCUT2D eigenvalue weighted by Gasteiger charge is -2.17. The van der Waals surface area contributed by atoms with Crippen molar-refractivity contribution in [2.75, 3.05) is 39.2 Å². The number of hydrogen-bond acceptors (Lipinski definition) is 5. The molecule has 1 N–H and O–H groups in total. The summed E-state index contributed by atoms with van der Waals surface area (Å²) in [6.07, 6.45) is 5.92. The summed E-state index contributed by atoms with van der Waals surface area (Å²) in [7, 11) is 3.45. The molecule has 1 amide bonds. The molecule has 0 fully saturated rings. The minimum absolute atomic E-state index is 0.0324.